The first-order valence-corrected chi connectivity index (χ1v) is 7.80. The summed E-state index contributed by atoms with van der Waals surface area (Å²) in [5.74, 6) is 0.855. The Morgan fingerprint density at radius 3 is 2.71 bits per heavy atom. The number of hydrogen-bond donors (Lipinski definition) is 3. The van der Waals surface area contributed by atoms with Crippen molar-refractivity contribution in [2.24, 2.45) is 21.6 Å². The van der Waals surface area contributed by atoms with Crippen LogP contribution in [0.2, 0.25) is 0 Å². The summed E-state index contributed by atoms with van der Waals surface area (Å²) < 4.78 is 5.65. The fourth-order valence-electron chi connectivity index (χ4n) is 2.46. The van der Waals surface area contributed by atoms with Crippen LogP contribution in [-0.4, -0.2) is 17.5 Å². The van der Waals surface area contributed by atoms with E-state index in [9.17, 15) is 5.11 Å². The van der Waals surface area contributed by atoms with Gasteiger partial charge in [-0.3, -0.25) is 15.4 Å². The zero-order chi connectivity index (χ0) is 17.3. The zero-order valence-corrected chi connectivity index (χ0v) is 13.7. The number of aromatic hydroxyl groups is 1. The minimum absolute atomic E-state index is 0.0108. The van der Waals surface area contributed by atoms with Crippen molar-refractivity contribution in [3.05, 3.63) is 58.2 Å². The Bertz CT molecular complexity index is 906. The SMILES string of the molecule is CC(C)COc1cccc(C2N=c3ccc(C(=N)N)cc3=N2)c1O. The Hall–Kier alpha value is -2.89. The van der Waals surface area contributed by atoms with Crippen molar-refractivity contribution in [2.75, 3.05) is 6.61 Å². The number of phenolic OH excluding ortho intramolecular Hbond substituents is 1. The van der Waals surface area contributed by atoms with Crippen molar-refractivity contribution in [3.63, 3.8) is 0 Å². The fraction of sp³-hybridized carbons (Fsp3) is 0.278. The highest BCUT2D eigenvalue weighted by atomic mass is 16.5. The molecule has 0 saturated carbocycles. The first-order chi connectivity index (χ1) is 11.5. The molecule has 3 rings (SSSR count). The Balaban J connectivity index is 1.95. The number of nitrogens with zero attached hydrogens (tertiary/aromatic N) is 2. The van der Waals surface area contributed by atoms with E-state index in [-0.39, 0.29) is 11.6 Å². The van der Waals surface area contributed by atoms with E-state index in [0.29, 0.717) is 34.8 Å². The molecule has 0 saturated heterocycles. The predicted octanol–water partition coefficient (Wildman–Crippen LogP) is 1.66. The van der Waals surface area contributed by atoms with Gasteiger partial charge in [-0.25, -0.2) is 0 Å². The summed E-state index contributed by atoms with van der Waals surface area (Å²) >= 11 is 0. The van der Waals surface area contributed by atoms with Gasteiger partial charge in [0.15, 0.2) is 17.7 Å². The molecule has 6 nitrogen and oxygen atoms in total. The van der Waals surface area contributed by atoms with E-state index in [1.807, 2.05) is 19.9 Å². The van der Waals surface area contributed by atoms with Crippen molar-refractivity contribution < 1.29 is 9.84 Å². The smallest absolute Gasteiger partial charge is 0.170 e. The minimum atomic E-state index is -0.523. The molecule has 6 heteroatoms. The molecule has 0 bridgehead atoms. The van der Waals surface area contributed by atoms with Crippen LogP contribution in [0.25, 0.3) is 0 Å². The first kappa shape index (κ1) is 16.0. The van der Waals surface area contributed by atoms with Gasteiger partial charge in [-0.05, 0) is 30.2 Å². The van der Waals surface area contributed by atoms with Crippen molar-refractivity contribution >= 4 is 5.84 Å². The van der Waals surface area contributed by atoms with Crippen LogP contribution < -0.4 is 21.2 Å². The predicted molar refractivity (Wildman–Crippen MR) is 91.0 cm³/mol. The number of benzene rings is 2. The van der Waals surface area contributed by atoms with Crippen molar-refractivity contribution in [3.8, 4) is 11.5 Å². The molecular weight excluding hydrogens is 304 g/mol. The largest absolute Gasteiger partial charge is 0.504 e. The van der Waals surface area contributed by atoms with Crippen molar-refractivity contribution in [1.29, 1.82) is 5.41 Å². The number of ether oxygens (including phenoxy) is 1. The number of amidine groups is 1. The Labute approximate surface area is 139 Å². The Morgan fingerprint density at radius 2 is 2.00 bits per heavy atom. The molecule has 4 N–H and O–H groups in total. The van der Waals surface area contributed by atoms with Crippen LogP contribution >= 0.6 is 0 Å². The first-order valence-electron chi connectivity index (χ1n) is 7.80. The molecule has 0 amide bonds. The molecule has 0 fully saturated rings. The van der Waals surface area contributed by atoms with E-state index >= 15 is 0 Å². The maximum Gasteiger partial charge on any atom is 0.170 e. The van der Waals surface area contributed by atoms with Crippen molar-refractivity contribution in [2.45, 2.75) is 20.0 Å². The summed E-state index contributed by atoms with van der Waals surface area (Å²) in [6.07, 6.45) is -0.523. The van der Waals surface area contributed by atoms with E-state index in [1.165, 1.54) is 0 Å². The lowest BCUT2D eigenvalue weighted by atomic mass is 10.1. The molecule has 1 aliphatic heterocycles. The highest BCUT2D eigenvalue weighted by molar-refractivity contribution is 5.94. The monoisotopic (exact) mass is 324 g/mol. The van der Waals surface area contributed by atoms with Crippen LogP contribution in [0.3, 0.4) is 0 Å². The van der Waals surface area contributed by atoms with E-state index in [0.717, 1.165) is 5.36 Å². The summed E-state index contributed by atoms with van der Waals surface area (Å²) in [4.78, 5) is 9.05. The summed E-state index contributed by atoms with van der Waals surface area (Å²) in [6.45, 7) is 4.62. The average Bonchev–Trinajstić information content (AvgIpc) is 2.96. The van der Waals surface area contributed by atoms with Crippen LogP contribution in [0.4, 0.5) is 0 Å². The third kappa shape index (κ3) is 3.08. The van der Waals surface area contributed by atoms with Crippen LogP contribution in [0.15, 0.2) is 46.4 Å². The number of para-hydroxylation sites is 1. The molecule has 1 atom stereocenters. The second-order valence-electron chi connectivity index (χ2n) is 6.15. The molecule has 1 unspecified atom stereocenters. The van der Waals surface area contributed by atoms with Gasteiger partial charge in [-0.15, -0.1) is 0 Å². The van der Waals surface area contributed by atoms with Crippen molar-refractivity contribution in [1.82, 2.24) is 0 Å². The van der Waals surface area contributed by atoms with Crippen LogP contribution in [0.5, 0.6) is 11.5 Å². The Morgan fingerprint density at radius 1 is 1.25 bits per heavy atom. The molecule has 0 aromatic heterocycles. The number of hydrogen-bond acceptors (Lipinski definition) is 5. The molecule has 1 heterocycles. The van der Waals surface area contributed by atoms with Crippen LogP contribution in [0.1, 0.15) is 31.1 Å². The second-order valence-corrected chi connectivity index (χ2v) is 6.15. The van der Waals surface area contributed by atoms with E-state index in [2.05, 4.69) is 9.98 Å². The Kier molecular flexibility index (Phi) is 4.20. The van der Waals surface area contributed by atoms with Crippen LogP contribution in [0, 0.1) is 11.3 Å². The number of phenols is 1. The number of nitrogens with one attached hydrogen (secondary N) is 1. The molecule has 24 heavy (non-hydrogen) atoms. The maximum atomic E-state index is 10.5. The summed E-state index contributed by atoms with van der Waals surface area (Å²) in [6, 6.07) is 10.6. The molecule has 124 valence electrons. The van der Waals surface area contributed by atoms with Gasteiger partial charge in [-0.2, -0.15) is 0 Å². The molecule has 0 spiro atoms. The summed E-state index contributed by atoms with van der Waals surface area (Å²) in [5, 5.41) is 19.4. The van der Waals surface area contributed by atoms with Gasteiger partial charge in [0.05, 0.1) is 17.3 Å². The van der Waals surface area contributed by atoms with Gasteiger partial charge >= 0.3 is 0 Å². The van der Waals surface area contributed by atoms with Gasteiger partial charge in [-0.1, -0.05) is 26.0 Å². The quantitative estimate of drug-likeness (QED) is 0.575. The third-order valence-electron chi connectivity index (χ3n) is 3.69. The van der Waals surface area contributed by atoms with Gasteiger partial charge in [0.25, 0.3) is 0 Å². The lowest BCUT2D eigenvalue weighted by molar-refractivity contribution is 0.258. The third-order valence-corrected chi connectivity index (χ3v) is 3.69. The maximum absolute atomic E-state index is 10.5. The fourth-order valence-corrected chi connectivity index (χ4v) is 2.46. The number of fused-ring (bicyclic) bond motifs is 1. The molecule has 0 aliphatic carbocycles. The molecule has 1 aliphatic rings. The van der Waals surface area contributed by atoms with Gasteiger partial charge in [0, 0.05) is 11.1 Å². The summed E-state index contributed by atoms with van der Waals surface area (Å²) in [5.41, 5.74) is 6.71. The number of rotatable bonds is 5. The lowest BCUT2D eigenvalue weighted by Crippen LogP contribution is -2.24. The number of nitrogens with two attached hydrogens (primary N) is 1. The van der Waals surface area contributed by atoms with E-state index < -0.39 is 6.17 Å². The standard InChI is InChI=1S/C18H20N4O2/c1-10(2)9-24-15-5-3-4-12(16(15)23)18-21-13-7-6-11(17(19)20)8-14(13)22-18/h3-8,10,18,23H,9H2,1-2H3,(H3,19,20). The zero-order valence-electron chi connectivity index (χ0n) is 13.7. The van der Waals surface area contributed by atoms with Gasteiger partial charge < -0.3 is 15.6 Å². The highest BCUT2D eigenvalue weighted by Gasteiger charge is 2.19. The lowest BCUT2D eigenvalue weighted by Gasteiger charge is -2.13. The molecule has 0 radical (unpaired) electrons. The molecular formula is C18H20N4O2. The highest BCUT2D eigenvalue weighted by Crippen LogP contribution is 2.36. The minimum Gasteiger partial charge on any atom is -0.504 e. The molecule has 2 aromatic rings. The summed E-state index contributed by atoms with van der Waals surface area (Å²) in [7, 11) is 0. The van der Waals surface area contributed by atoms with Gasteiger partial charge in [0.1, 0.15) is 5.84 Å². The van der Waals surface area contributed by atoms with E-state index in [1.54, 1.807) is 30.3 Å². The van der Waals surface area contributed by atoms with Gasteiger partial charge in [0.2, 0.25) is 0 Å². The molecule has 2 aromatic carbocycles. The normalized spacial score (nSPS) is 15.5. The van der Waals surface area contributed by atoms with Crippen LogP contribution in [-0.2, 0) is 0 Å². The second kappa shape index (κ2) is 6.31. The average molecular weight is 324 g/mol. The van der Waals surface area contributed by atoms with E-state index in [4.69, 9.17) is 15.9 Å². The topological polar surface area (TPSA) is 104 Å². The number of nitrogen functional groups attached to an aromatic ring is 1.